The van der Waals surface area contributed by atoms with Crippen LogP contribution in [0.25, 0.3) is 11.4 Å². The molecule has 9 heteroatoms. The molecule has 7 nitrogen and oxygen atoms in total. The van der Waals surface area contributed by atoms with Gasteiger partial charge in [-0.25, -0.2) is 9.18 Å². The third-order valence-electron chi connectivity index (χ3n) is 3.53. The number of halogens is 1. The quantitative estimate of drug-likeness (QED) is 0.722. The Bertz CT molecular complexity index is 761. The number of nitrogens with one attached hydrogen (secondary N) is 2. The minimum absolute atomic E-state index is 0.0347. The monoisotopic (exact) mass is 379 g/mol. The molecule has 2 N–H and O–H groups in total. The van der Waals surface area contributed by atoms with E-state index < -0.39 is 11.9 Å². The molecular weight excluding hydrogens is 357 g/mol. The molecule has 0 fully saturated rings. The zero-order chi connectivity index (χ0) is 19.1. The van der Waals surface area contributed by atoms with E-state index in [2.05, 4.69) is 34.7 Å². The summed E-state index contributed by atoms with van der Waals surface area (Å²) in [5.41, 5.74) is 0.724. The highest BCUT2D eigenvalue weighted by atomic mass is 32.2. The summed E-state index contributed by atoms with van der Waals surface area (Å²) in [4.78, 5) is 23.5. The lowest BCUT2D eigenvalue weighted by Crippen LogP contribution is -2.40. The van der Waals surface area contributed by atoms with E-state index in [-0.39, 0.29) is 11.6 Å². The van der Waals surface area contributed by atoms with Crippen LogP contribution in [0, 0.1) is 11.7 Å². The van der Waals surface area contributed by atoms with Crippen molar-refractivity contribution in [2.75, 3.05) is 12.3 Å². The van der Waals surface area contributed by atoms with Gasteiger partial charge in [-0.2, -0.15) is 0 Å². The SMILES string of the molecule is CC(C)CCNC(=O)NC(=O)CSc1nnc(-c2ccc(F)cc2)n1C. The highest BCUT2D eigenvalue weighted by Crippen LogP contribution is 2.22. The molecule has 0 unspecified atom stereocenters. The van der Waals surface area contributed by atoms with Crippen LogP contribution in [0.2, 0.25) is 0 Å². The first kappa shape index (κ1) is 19.9. The van der Waals surface area contributed by atoms with Gasteiger partial charge >= 0.3 is 6.03 Å². The number of carbonyl (C=O) groups excluding carboxylic acids is 2. The average molecular weight is 379 g/mol. The van der Waals surface area contributed by atoms with Crippen LogP contribution in [-0.2, 0) is 11.8 Å². The van der Waals surface area contributed by atoms with Gasteiger partial charge < -0.3 is 9.88 Å². The van der Waals surface area contributed by atoms with Crippen LogP contribution in [0.3, 0.4) is 0 Å². The number of benzene rings is 1. The molecular formula is C17H22FN5O2S. The second-order valence-corrected chi connectivity index (χ2v) is 7.09. The van der Waals surface area contributed by atoms with Gasteiger partial charge in [0.15, 0.2) is 11.0 Å². The zero-order valence-corrected chi connectivity index (χ0v) is 15.8. The van der Waals surface area contributed by atoms with E-state index in [1.165, 1.54) is 23.9 Å². The molecule has 0 spiro atoms. The van der Waals surface area contributed by atoms with Crippen LogP contribution in [-0.4, -0.2) is 39.0 Å². The van der Waals surface area contributed by atoms with Gasteiger partial charge in [-0.3, -0.25) is 10.1 Å². The number of amides is 3. The van der Waals surface area contributed by atoms with Gasteiger partial charge in [-0.1, -0.05) is 25.6 Å². The maximum Gasteiger partial charge on any atom is 0.321 e. The molecule has 0 atom stereocenters. The molecule has 0 saturated carbocycles. The minimum atomic E-state index is -0.499. The first-order chi connectivity index (χ1) is 12.4. The summed E-state index contributed by atoms with van der Waals surface area (Å²) in [5, 5.41) is 13.6. The Balaban J connectivity index is 1.85. The van der Waals surface area contributed by atoms with Gasteiger partial charge in [0, 0.05) is 19.2 Å². The summed E-state index contributed by atoms with van der Waals surface area (Å²) in [6, 6.07) is 5.43. The predicted octanol–water partition coefficient (Wildman–Crippen LogP) is 2.59. The van der Waals surface area contributed by atoms with Crippen molar-refractivity contribution in [2.45, 2.75) is 25.4 Å². The summed E-state index contributed by atoms with van der Waals surface area (Å²) in [6.45, 7) is 4.64. The molecule has 2 aromatic rings. The smallest absolute Gasteiger partial charge is 0.321 e. The number of hydrogen-bond donors (Lipinski definition) is 2. The molecule has 3 amide bonds. The van der Waals surface area contributed by atoms with Crippen molar-refractivity contribution in [3.05, 3.63) is 30.1 Å². The number of carbonyl (C=O) groups is 2. The first-order valence-electron chi connectivity index (χ1n) is 8.22. The van der Waals surface area contributed by atoms with Gasteiger partial charge in [-0.05, 0) is 36.6 Å². The molecule has 1 heterocycles. The number of imide groups is 1. The number of urea groups is 1. The normalized spacial score (nSPS) is 10.8. The highest BCUT2D eigenvalue weighted by Gasteiger charge is 2.14. The van der Waals surface area contributed by atoms with Gasteiger partial charge in [0.25, 0.3) is 0 Å². The molecule has 0 aliphatic rings. The molecule has 1 aromatic carbocycles. The lowest BCUT2D eigenvalue weighted by molar-refractivity contribution is -0.117. The summed E-state index contributed by atoms with van der Waals surface area (Å²) >= 11 is 1.17. The second kappa shape index (κ2) is 9.33. The van der Waals surface area contributed by atoms with Crippen LogP contribution in [0.1, 0.15) is 20.3 Å². The Labute approximate surface area is 155 Å². The Morgan fingerprint density at radius 2 is 1.92 bits per heavy atom. The third kappa shape index (κ3) is 5.83. The second-order valence-electron chi connectivity index (χ2n) is 6.15. The van der Waals surface area contributed by atoms with E-state index in [0.717, 1.165) is 12.0 Å². The van der Waals surface area contributed by atoms with Crippen molar-refractivity contribution in [1.82, 2.24) is 25.4 Å². The lowest BCUT2D eigenvalue weighted by atomic mass is 10.1. The molecule has 0 aliphatic heterocycles. The summed E-state index contributed by atoms with van der Waals surface area (Å²) in [5.74, 6) is 0.344. The van der Waals surface area contributed by atoms with Gasteiger partial charge in [0.2, 0.25) is 5.91 Å². The van der Waals surface area contributed by atoms with Crippen molar-refractivity contribution in [3.8, 4) is 11.4 Å². The maximum absolute atomic E-state index is 13.0. The Kier molecular flexibility index (Phi) is 7.14. The van der Waals surface area contributed by atoms with E-state index in [4.69, 9.17) is 0 Å². The molecule has 0 aliphatic carbocycles. The van der Waals surface area contributed by atoms with Gasteiger partial charge in [-0.15, -0.1) is 10.2 Å². The molecule has 2 rings (SSSR count). The largest absolute Gasteiger partial charge is 0.338 e. The standard InChI is InChI=1S/C17H22FN5O2S/c1-11(2)8-9-19-16(25)20-14(24)10-26-17-22-21-15(23(17)3)12-4-6-13(18)7-5-12/h4-7,11H,8-10H2,1-3H3,(H2,19,20,24,25). The highest BCUT2D eigenvalue weighted by molar-refractivity contribution is 7.99. The van der Waals surface area contributed by atoms with E-state index >= 15 is 0 Å². The van der Waals surface area contributed by atoms with Crippen molar-refractivity contribution in [3.63, 3.8) is 0 Å². The van der Waals surface area contributed by atoms with Crippen molar-refractivity contribution in [2.24, 2.45) is 13.0 Å². The van der Waals surface area contributed by atoms with Gasteiger partial charge in [0.05, 0.1) is 5.75 Å². The van der Waals surface area contributed by atoms with E-state index in [1.54, 1.807) is 23.7 Å². The molecule has 0 saturated heterocycles. The lowest BCUT2D eigenvalue weighted by Gasteiger charge is -2.08. The molecule has 1 aromatic heterocycles. The van der Waals surface area contributed by atoms with Gasteiger partial charge in [0.1, 0.15) is 5.82 Å². The molecule has 0 radical (unpaired) electrons. The summed E-state index contributed by atoms with van der Waals surface area (Å²) in [6.07, 6.45) is 0.849. The Morgan fingerprint density at radius 3 is 2.58 bits per heavy atom. The number of nitrogens with zero attached hydrogens (tertiary/aromatic N) is 3. The fourth-order valence-corrected chi connectivity index (χ4v) is 2.81. The molecule has 26 heavy (non-hydrogen) atoms. The Morgan fingerprint density at radius 1 is 1.23 bits per heavy atom. The van der Waals surface area contributed by atoms with Crippen molar-refractivity contribution < 1.29 is 14.0 Å². The average Bonchev–Trinajstić information content (AvgIpc) is 2.94. The van der Waals surface area contributed by atoms with Crippen LogP contribution in [0.15, 0.2) is 29.4 Å². The van der Waals surface area contributed by atoms with Crippen LogP contribution >= 0.6 is 11.8 Å². The number of rotatable bonds is 7. The number of hydrogen-bond acceptors (Lipinski definition) is 5. The first-order valence-corrected chi connectivity index (χ1v) is 9.21. The van der Waals surface area contributed by atoms with E-state index in [0.29, 0.717) is 23.4 Å². The van der Waals surface area contributed by atoms with Crippen LogP contribution in [0.5, 0.6) is 0 Å². The van der Waals surface area contributed by atoms with Crippen molar-refractivity contribution in [1.29, 1.82) is 0 Å². The maximum atomic E-state index is 13.0. The number of aromatic nitrogens is 3. The molecule has 0 bridgehead atoms. The third-order valence-corrected chi connectivity index (χ3v) is 4.55. The topological polar surface area (TPSA) is 88.9 Å². The van der Waals surface area contributed by atoms with E-state index in [1.807, 2.05) is 0 Å². The Hall–Kier alpha value is -2.42. The number of thioether (sulfide) groups is 1. The fraction of sp³-hybridized carbons (Fsp3) is 0.412. The van der Waals surface area contributed by atoms with Crippen molar-refractivity contribution >= 4 is 23.7 Å². The van der Waals surface area contributed by atoms with Crippen LogP contribution in [0.4, 0.5) is 9.18 Å². The predicted molar refractivity (Wildman–Crippen MR) is 98.1 cm³/mol. The van der Waals surface area contributed by atoms with Crippen LogP contribution < -0.4 is 10.6 Å². The summed E-state index contributed by atoms with van der Waals surface area (Å²) in [7, 11) is 1.76. The zero-order valence-electron chi connectivity index (χ0n) is 15.0. The minimum Gasteiger partial charge on any atom is -0.338 e. The summed E-state index contributed by atoms with van der Waals surface area (Å²) < 4.78 is 14.7. The fourth-order valence-electron chi connectivity index (χ4n) is 2.10. The van der Waals surface area contributed by atoms with E-state index in [9.17, 15) is 14.0 Å². The molecule has 140 valence electrons.